The minimum absolute atomic E-state index is 0.0142. The average Bonchev–Trinajstić information content (AvgIpc) is 3.23. The second-order valence-corrected chi connectivity index (χ2v) is 10.3. The van der Waals surface area contributed by atoms with Gasteiger partial charge < -0.3 is 15.2 Å². The van der Waals surface area contributed by atoms with Crippen molar-refractivity contribution in [3.63, 3.8) is 0 Å². The fourth-order valence-corrected chi connectivity index (χ4v) is 5.50. The molecule has 31 heavy (non-hydrogen) atoms. The third-order valence-electron chi connectivity index (χ3n) is 7.29. The van der Waals surface area contributed by atoms with Crippen LogP contribution in [-0.4, -0.2) is 32.9 Å². The van der Waals surface area contributed by atoms with Crippen molar-refractivity contribution in [3.8, 4) is 11.3 Å². The van der Waals surface area contributed by atoms with Gasteiger partial charge in [0, 0.05) is 29.3 Å². The van der Waals surface area contributed by atoms with Gasteiger partial charge in [0.1, 0.15) is 5.82 Å². The Morgan fingerprint density at radius 2 is 2.03 bits per heavy atom. The summed E-state index contributed by atoms with van der Waals surface area (Å²) in [7, 11) is 0. The van der Waals surface area contributed by atoms with Crippen LogP contribution in [0.2, 0.25) is 0 Å². The summed E-state index contributed by atoms with van der Waals surface area (Å²) in [6, 6.07) is 7.84. The van der Waals surface area contributed by atoms with Gasteiger partial charge in [-0.3, -0.25) is 4.79 Å². The third-order valence-corrected chi connectivity index (χ3v) is 7.78. The summed E-state index contributed by atoms with van der Waals surface area (Å²) in [5.74, 6) is 1.96. The van der Waals surface area contributed by atoms with Crippen LogP contribution in [0.5, 0.6) is 0 Å². The number of halogens is 1. The van der Waals surface area contributed by atoms with E-state index < -0.39 is 6.04 Å². The molecule has 5 nitrogen and oxygen atoms in total. The van der Waals surface area contributed by atoms with Crippen LogP contribution in [0.3, 0.4) is 0 Å². The molecule has 1 amide bonds. The van der Waals surface area contributed by atoms with E-state index in [-0.39, 0.29) is 17.9 Å². The molecule has 0 radical (unpaired) electrons. The number of nitrogens with zero attached hydrogens (tertiary/aromatic N) is 3. The minimum Gasteiger partial charge on any atom is -0.331 e. The van der Waals surface area contributed by atoms with Gasteiger partial charge in [0.15, 0.2) is 0 Å². The van der Waals surface area contributed by atoms with Crippen LogP contribution in [0.4, 0.5) is 0 Å². The van der Waals surface area contributed by atoms with Crippen LogP contribution < -0.4 is 5.73 Å². The molecular formula is C25H35BrN4O. The van der Waals surface area contributed by atoms with Crippen molar-refractivity contribution >= 4 is 21.8 Å². The molecule has 2 aromatic rings. The fourth-order valence-electron chi connectivity index (χ4n) is 5.10. The number of aromatic nitrogens is 2. The molecule has 0 bridgehead atoms. The van der Waals surface area contributed by atoms with Crippen molar-refractivity contribution in [1.29, 1.82) is 0 Å². The quantitative estimate of drug-likeness (QED) is 0.582. The van der Waals surface area contributed by atoms with Gasteiger partial charge in [0.05, 0.1) is 17.8 Å². The molecule has 2 N–H and O–H groups in total. The third kappa shape index (κ3) is 4.90. The number of fused-ring (bicyclic) bond motifs is 1. The van der Waals surface area contributed by atoms with Crippen molar-refractivity contribution in [2.75, 3.05) is 6.54 Å². The van der Waals surface area contributed by atoms with E-state index in [1.165, 1.54) is 32.1 Å². The van der Waals surface area contributed by atoms with E-state index in [9.17, 15) is 4.79 Å². The second kappa shape index (κ2) is 9.86. The van der Waals surface area contributed by atoms with Crippen LogP contribution in [0, 0.1) is 11.8 Å². The fraction of sp³-hybridized carbons (Fsp3) is 0.600. The van der Waals surface area contributed by atoms with Gasteiger partial charge in [0.2, 0.25) is 5.91 Å². The molecule has 1 aromatic heterocycles. The van der Waals surface area contributed by atoms with Crippen molar-refractivity contribution in [2.45, 2.75) is 77.4 Å². The molecule has 168 valence electrons. The van der Waals surface area contributed by atoms with Crippen molar-refractivity contribution in [3.05, 3.63) is 40.8 Å². The Labute approximate surface area is 194 Å². The number of nitrogens with two attached hydrogens (primary N) is 1. The highest BCUT2D eigenvalue weighted by Crippen LogP contribution is 2.38. The first-order valence-corrected chi connectivity index (χ1v) is 12.7. The van der Waals surface area contributed by atoms with E-state index >= 15 is 0 Å². The number of hydrogen-bond donors (Lipinski definition) is 1. The van der Waals surface area contributed by atoms with E-state index in [2.05, 4.69) is 57.6 Å². The summed E-state index contributed by atoms with van der Waals surface area (Å²) in [5.41, 5.74) is 8.48. The summed E-state index contributed by atoms with van der Waals surface area (Å²) in [5, 5.41) is 0. The largest absolute Gasteiger partial charge is 0.331 e. The highest BCUT2D eigenvalue weighted by molar-refractivity contribution is 9.10. The van der Waals surface area contributed by atoms with Crippen molar-refractivity contribution < 1.29 is 4.79 Å². The Balaban J connectivity index is 1.66. The highest BCUT2D eigenvalue weighted by atomic mass is 79.9. The molecule has 1 saturated carbocycles. The maximum atomic E-state index is 13.4. The molecule has 3 atom stereocenters. The van der Waals surface area contributed by atoms with Crippen LogP contribution in [0.25, 0.3) is 11.3 Å². The van der Waals surface area contributed by atoms with Gasteiger partial charge in [-0.05, 0) is 30.4 Å². The normalized spacial score (nSPS) is 21.5. The molecule has 1 aromatic carbocycles. The number of amides is 1. The molecule has 1 fully saturated rings. The Bertz CT molecular complexity index is 905. The molecule has 1 aliphatic heterocycles. The van der Waals surface area contributed by atoms with E-state index in [0.29, 0.717) is 12.5 Å². The topological polar surface area (TPSA) is 64.2 Å². The SMILES string of the molecule is CC[C@H](C)[C@H](N)C(=O)N1CCn2cc(-c3cccc(Br)c3)nc2[C@@H]1CC1CCCCC1. The van der Waals surface area contributed by atoms with Crippen LogP contribution in [-0.2, 0) is 11.3 Å². The van der Waals surface area contributed by atoms with Gasteiger partial charge in [-0.15, -0.1) is 0 Å². The number of carbonyl (C=O) groups excluding carboxylic acids is 1. The van der Waals surface area contributed by atoms with Gasteiger partial charge in [-0.1, -0.05) is 80.4 Å². The lowest BCUT2D eigenvalue weighted by molar-refractivity contribution is -0.138. The number of imidazole rings is 1. The molecule has 0 saturated heterocycles. The molecule has 2 heterocycles. The first kappa shape index (κ1) is 22.5. The van der Waals surface area contributed by atoms with Gasteiger partial charge in [-0.25, -0.2) is 4.98 Å². The zero-order chi connectivity index (χ0) is 22.0. The van der Waals surface area contributed by atoms with E-state index in [0.717, 1.165) is 40.9 Å². The lowest BCUT2D eigenvalue weighted by Crippen LogP contribution is -2.51. The molecule has 0 unspecified atom stereocenters. The average molecular weight is 487 g/mol. The molecule has 0 spiro atoms. The Morgan fingerprint density at radius 3 is 2.74 bits per heavy atom. The molecule has 1 aliphatic carbocycles. The Hall–Kier alpha value is -1.66. The minimum atomic E-state index is -0.440. The zero-order valence-electron chi connectivity index (χ0n) is 18.8. The van der Waals surface area contributed by atoms with Crippen LogP contribution >= 0.6 is 15.9 Å². The number of hydrogen-bond acceptors (Lipinski definition) is 3. The summed E-state index contributed by atoms with van der Waals surface area (Å²) in [4.78, 5) is 20.6. The maximum Gasteiger partial charge on any atom is 0.240 e. The number of benzene rings is 1. The highest BCUT2D eigenvalue weighted by Gasteiger charge is 2.37. The first-order chi connectivity index (χ1) is 15.0. The summed E-state index contributed by atoms with van der Waals surface area (Å²) in [6.45, 7) is 5.66. The molecule has 2 aliphatic rings. The smallest absolute Gasteiger partial charge is 0.240 e. The standard InChI is InChI=1S/C25H35BrN4O/c1-3-17(2)23(27)25(31)30-13-12-29-16-21(19-10-7-11-20(26)15-19)28-24(29)22(30)14-18-8-5-4-6-9-18/h7,10-11,15-18,22-23H,3-6,8-9,12-14,27H2,1-2H3/t17-,22-,23-/m0/s1. The maximum absolute atomic E-state index is 13.4. The summed E-state index contributed by atoms with van der Waals surface area (Å²) in [6.07, 6.45) is 10.5. The summed E-state index contributed by atoms with van der Waals surface area (Å²) >= 11 is 3.57. The van der Waals surface area contributed by atoms with E-state index in [1.807, 2.05) is 12.1 Å². The predicted molar refractivity (Wildman–Crippen MR) is 128 cm³/mol. The lowest BCUT2D eigenvalue weighted by Gasteiger charge is -2.40. The Morgan fingerprint density at radius 1 is 1.26 bits per heavy atom. The second-order valence-electron chi connectivity index (χ2n) is 9.39. The number of rotatable bonds is 6. The molecule has 4 rings (SSSR count). The molecular weight excluding hydrogens is 452 g/mol. The zero-order valence-corrected chi connectivity index (χ0v) is 20.4. The lowest BCUT2D eigenvalue weighted by atomic mass is 9.83. The van der Waals surface area contributed by atoms with Crippen molar-refractivity contribution in [2.24, 2.45) is 17.6 Å². The monoisotopic (exact) mass is 486 g/mol. The van der Waals surface area contributed by atoms with E-state index in [4.69, 9.17) is 10.7 Å². The van der Waals surface area contributed by atoms with Gasteiger partial charge >= 0.3 is 0 Å². The number of carbonyl (C=O) groups is 1. The Kier molecular flexibility index (Phi) is 7.17. The predicted octanol–water partition coefficient (Wildman–Crippen LogP) is 5.54. The van der Waals surface area contributed by atoms with Gasteiger partial charge in [-0.2, -0.15) is 0 Å². The van der Waals surface area contributed by atoms with Crippen LogP contribution in [0.1, 0.15) is 70.7 Å². The van der Waals surface area contributed by atoms with E-state index in [1.54, 1.807) is 0 Å². The first-order valence-electron chi connectivity index (χ1n) is 11.9. The molecule has 6 heteroatoms. The van der Waals surface area contributed by atoms with Gasteiger partial charge in [0.25, 0.3) is 0 Å². The van der Waals surface area contributed by atoms with Crippen LogP contribution in [0.15, 0.2) is 34.9 Å². The summed E-state index contributed by atoms with van der Waals surface area (Å²) < 4.78 is 3.31. The van der Waals surface area contributed by atoms with Crippen molar-refractivity contribution in [1.82, 2.24) is 14.5 Å².